The smallest absolute Gasteiger partial charge is 0.264 e. The van der Waals surface area contributed by atoms with Crippen LogP contribution in [0.15, 0.2) is 66.1 Å². The number of nitrogens with zero attached hydrogens (tertiary/aromatic N) is 1. The van der Waals surface area contributed by atoms with Crippen molar-refractivity contribution in [2.75, 3.05) is 38.0 Å². The van der Waals surface area contributed by atoms with E-state index in [0.29, 0.717) is 22.8 Å². The van der Waals surface area contributed by atoms with Crippen LogP contribution in [0.5, 0.6) is 0 Å². The molecule has 0 radical (unpaired) electrons. The van der Waals surface area contributed by atoms with Gasteiger partial charge >= 0.3 is 0 Å². The molecule has 2 rings (SSSR count). The predicted octanol–water partition coefficient (Wildman–Crippen LogP) is 1.99. The third-order valence-corrected chi connectivity index (χ3v) is 6.27. The molecule has 0 aliphatic heterocycles. The van der Waals surface area contributed by atoms with E-state index in [4.69, 9.17) is 11.6 Å². The number of amides is 1. The molecule has 1 amide bonds. The van der Waals surface area contributed by atoms with Crippen LogP contribution in [0.4, 0.5) is 5.69 Å². The average Bonchev–Trinajstić information content (AvgIpc) is 2.70. The Morgan fingerprint density at radius 3 is 2.52 bits per heavy atom. The lowest BCUT2D eigenvalue weighted by Gasteiger charge is -2.23. The molecule has 156 valence electrons. The van der Waals surface area contributed by atoms with E-state index in [9.17, 15) is 13.2 Å². The van der Waals surface area contributed by atoms with Crippen molar-refractivity contribution in [2.45, 2.75) is 11.3 Å². The first kappa shape index (κ1) is 22.9. The van der Waals surface area contributed by atoms with Gasteiger partial charge in [0.25, 0.3) is 15.9 Å². The summed E-state index contributed by atoms with van der Waals surface area (Å²) in [6.07, 6.45) is 2.35. The van der Waals surface area contributed by atoms with Gasteiger partial charge in [-0.05, 0) is 42.5 Å². The molecule has 0 saturated heterocycles. The molecular formula is C21H27ClN3O3S+. The molecule has 0 spiro atoms. The van der Waals surface area contributed by atoms with Crippen LogP contribution in [0.2, 0.25) is 5.02 Å². The minimum absolute atomic E-state index is 0.0414. The van der Waals surface area contributed by atoms with Gasteiger partial charge in [0.1, 0.15) is 0 Å². The van der Waals surface area contributed by atoms with Crippen molar-refractivity contribution in [3.05, 3.63) is 71.8 Å². The number of carbonyl (C=O) groups excluding carboxylic acids is 1. The van der Waals surface area contributed by atoms with Gasteiger partial charge in [0.05, 0.1) is 37.8 Å². The fourth-order valence-corrected chi connectivity index (χ4v) is 4.35. The Morgan fingerprint density at radius 2 is 1.90 bits per heavy atom. The highest BCUT2D eigenvalue weighted by Crippen LogP contribution is 2.25. The second-order valence-electron chi connectivity index (χ2n) is 6.90. The van der Waals surface area contributed by atoms with Gasteiger partial charge in [-0.2, -0.15) is 0 Å². The molecule has 0 heterocycles. The Labute approximate surface area is 177 Å². The van der Waals surface area contributed by atoms with Gasteiger partial charge in [-0.3, -0.25) is 9.10 Å². The Balaban J connectivity index is 2.24. The molecule has 2 aromatic carbocycles. The number of halogens is 1. The molecule has 0 atom stereocenters. The number of hydrogen-bond acceptors (Lipinski definition) is 3. The topological polar surface area (TPSA) is 70.9 Å². The second kappa shape index (κ2) is 10.4. The zero-order valence-electron chi connectivity index (χ0n) is 16.7. The number of quaternary nitrogens is 1. The summed E-state index contributed by atoms with van der Waals surface area (Å²) < 4.78 is 27.7. The largest absolute Gasteiger partial charge is 0.352 e. The zero-order valence-corrected chi connectivity index (χ0v) is 18.3. The number of anilines is 1. The van der Waals surface area contributed by atoms with Gasteiger partial charge in [0.2, 0.25) is 0 Å². The molecule has 0 aliphatic carbocycles. The Morgan fingerprint density at radius 1 is 1.21 bits per heavy atom. The van der Waals surface area contributed by atoms with Gasteiger partial charge in [-0.25, -0.2) is 8.42 Å². The summed E-state index contributed by atoms with van der Waals surface area (Å²) in [4.78, 5) is 13.8. The number of benzene rings is 2. The van der Waals surface area contributed by atoms with E-state index >= 15 is 0 Å². The maximum atomic E-state index is 13.2. The summed E-state index contributed by atoms with van der Waals surface area (Å²) in [6, 6.07) is 12.6. The lowest BCUT2D eigenvalue weighted by atomic mass is 10.2. The molecule has 2 aromatic rings. The highest BCUT2D eigenvalue weighted by molar-refractivity contribution is 7.92. The highest BCUT2D eigenvalue weighted by Gasteiger charge is 2.25. The molecule has 8 heteroatoms. The quantitative estimate of drug-likeness (QED) is 0.442. The van der Waals surface area contributed by atoms with E-state index in [0.717, 1.165) is 13.0 Å². The van der Waals surface area contributed by atoms with E-state index in [-0.39, 0.29) is 17.3 Å². The number of hydrogen-bond donors (Lipinski definition) is 2. The van der Waals surface area contributed by atoms with E-state index in [1.54, 1.807) is 36.4 Å². The second-order valence-corrected chi connectivity index (χ2v) is 9.19. The summed E-state index contributed by atoms with van der Waals surface area (Å²) in [5, 5.41) is 3.35. The van der Waals surface area contributed by atoms with E-state index in [2.05, 4.69) is 11.9 Å². The lowest BCUT2D eigenvalue weighted by molar-refractivity contribution is -0.858. The fourth-order valence-electron chi connectivity index (χ4n) is 2.74. The number of carbonyl (C=O) groups is 1. The molecule has 0 unspecified atom stereocenters. The zero-order chi connectivity index (χ0) is 21.4. The molecule has 0 saturated carbocycles. The minimum Gasteiger partial charge on any atom is -0.352 e. The van der Waals surface area contributed by atoms with Crippen molar-refractivity contribution in [2.24, 2.45) is 0 Å². The number of nitrogens with one attached hydrogen (secondary N) is 2. The average molecular weight is 437 g/mol. The molecule has 6 nitrogen and oxygen atoms in total. The van der Waals surface area contributed by atoms with Gasteiger partial charge in [0.15, 0.2) is 0 Å². The van der Waals surface area contributed by atoms with Crippen LogP contribution in [0.25, 0.3) is 0 Å². The number of rotatable bonds is 10. The summed E-state index contributed by atoms with van der Waals surface area (Å²) in [5.74, 6) is -0.294. The highest BCUT2D eigenvalue weighted by atomic mass is 35.5. The van der Waals surface area contributed by atoms with Crippen molar-refractivity contribution in [3.8, 4) is 0 Å². The van der Waals surface area contributed by atoms with Crippen molar-refractivity contribution >= 4 is 33.2 Å². The molecule has 0 fully saturated rings. The van der Waals surface area contributed by atoms with Crippen LogP contribution < -0.4 is 14.5 Å². The molecule has 0 aliphatic rings. The molecule has 0 bridgehead atoms. The lowest BCUT2D eigenvalue weighted by Crippen LogP contribution is -3.05. The first-order chi connectivity index (χ1) is 13.8. The third-order valence-electron chi connectivity index (χ3n) is 4.23. The van der Waals surface area contributed by atoms with Crippen LogP contribution in [-0.2, 0) is 10.0 Å². The Hall–Kier alpha value is -2.35. The van der Waals surface area contributed by atoms with Crippen molar-refractivity contribution in [1.29, 1.82) is 0 Å². The van der Waals surface area contributed by atoms with Gasteiger partial charge in [0, 0.05) is 23.6 Å². The summed E-state index contributed by atoms with van der Waals surface area (Å²) in [7, 11) is 0.209. The minimum atomic E-state index is -3.89. The SMILES string of the molecule is C=CCN(c1ccc(Cl)cc1)S(=O)(=O)c1cccc(C(=O)NCCC[NH+](C)C)c1. The van der Waals surface area contributed by atoms with E-state index in [1.807, 2.05) is 14.1 Å². The Bertz CT molecular complexity index is 944. The Kier molecular flexibility index (Phi) is 8.25. The molecule has 2 N–H and O–H groups in total. The van der Waals surface area contributed by atoms with Crippen molar-refractivity contribution in [3.63, 3.8) is 0 Å². The monoisotopic (exact) mass is 436 g/mol. The summed E-state index contributed by atoms with van der Waals surface area (Å²) in [6.45, 7) is 5.22. The fraction of sp³-hybridized carbons (Fsp3) is 0.286. The van der Waals surface area contributed by atoms with E-state index < -0.39 is 10.0 Å². The van der Waals surface area contributed by atoms with E-state index in [1.165, 1.54) is 27.4 Å². The van der Waals surface area contributed by atoms with Crippen LogP contribution in [0.1, 0.15) is 16.8 Å². The molecular weight excluding hydrogens is 410 g/mol. The first-order valence-corrected chi connectivity index (χ1v) is 11.1. The normalized spacial score (nSPS) is 11.3. The first-order valence-electron chi connectivity index (χ1n) is 9.32. The van der Waals surface area contributed by atoms with Gasteiger partial charge in [-0.1, -0.05) is 23.7 Å². The van der Waals surface area contributed by atoms with Crippen molar-refractivity contribution in [1.82, 2.24) is 5.32 Å². The maximum Gasteiger partial charge on any atom is 0.264 e. The number of sulfonamides is 1. The van der Waals surface area contributed by atoms with Crippen molar-refractivity contribution < 1.29 is 18.1 Å². The standard InChI is InChI=1S/C21H26ClN3O3S/c1-4-14-25(19-11-9-18(22)10-12-19)29(27,28)20-8-5-7-17(16-20)21(26)23-13-6-15-24(2)3/h4-5,7-12,16H,1,6,13-15H2,2-3H3,(H,23,26)/p+1. The van der Waals surface area contributed by atoms with Crippen LogP contribution >= 0.6 is 11.6 Å². The van der Waals surface area contributed by atoms with Crippen LogP contribution in [-0.4, -0.2) is 48.1 Å². The summed E-state index contributed by atoms with van der Waals surface area (Å²) in [5.41, 5.74) is 0.772. The molecule has 0 aromatic heterocycles. The van der Waals surface area contributed by atoms with Crippen LogP contribution in [0.3, 0.4) is 0 Å². The predicted molar refractivity (Wildman–Crippen MR) is 117 cm³/mol. The third kappa shape index (κ3) is 6.32. The summed E-state index contributed by atoms with van der Waals surface area (Å²) >= 11 is 5.92. The maximum absolute atomic E-state index is 13.2. The molecule has 29 heavy (non-hydrogen) atoms. The van der Waals surface area contributed by atoms with Gasteiger partial charge < -0.3 is 10.2 Å². The van der Waals surface area contributed by atoms with Crippen LogP contribution in [0, 0.1) is 0 Å². The van der Waals surface area contributed by atoms with Gasteiger partial charge in [-0.15, -0.1) is 6.58 Å².